The standard InChI is InChI=1S/C18H17N3O3S/c19-12-14-3-1-4-15(11-14)13-20-18(22)16-5-7-17(8-6-16)21-9-2-10-25(21,23)24/h1,3-8,11H,2,9-10,13H2,(H,20,22). The molecule has 1 amide bonds. The minimum absolute atomic E-state index is 0.164. The average molecular weight is 355 g/mol. The average Bonchev–Trinajstić information content (AvgIpc) is 2.99. The van der Waals surface area contributed by atoms with Crippen molar-refractivity contribution in [3.63, 3.8) is 0 Å². The van der Waals surface area contributed by atoms with Gasteiger partial charge in [-0.3, -0.25) is 9.10 Å². The number of hydrogen-bond donors (Lipinski definition) is 1. The van der Waals surface area contributed by atoms with Gasteiger partial charge in [-0.1, -0.05) is 12.1 Å². The fourth-order valence-electron chi connectivity index (χ4n) is 2.74. The SMILES string of the molecule is N#Cc1cccc(CNC(=O)c2ccc(N3CCCS3(=O)=O)cc2)c1. The molecule has 2 aromatic rings. The van der Waals surface area contributed by atoms with Gasteiger partial charge in [-0.05, 0) is 48.4 Å². The van der Waals surface area contributed by atoms with Crippen LogP contribution in [0.1, 0.15) is 27.9 Å². The number of rotatable bonds is 4. The van der Waals surface area contributed by atoms with Crippen LogP contribution < -0.4 is 9.62 Å². The molecule has 1 heterocycles. The summed E-state index contributed by atoms with van der Waals surface area (Å²) in [6.07, 6.45) is 0.617. The Hall–Kier alpha value is -2.85. The van der Waals surface area contributed by atoms with Gasteiger partial charge in [0.15, 0.2) is 0 Å². The van der Waals surface area contributed by atoms with Gasteiger partial charge in [-0.2, -0.15) is 5.26 Å². The van der Waals surface area contributed by atoms with Crippen LogP contribution in [0.3, 0.4) is 0 Å². The number of nitriles is 1. The molecule has 0 atom stereocenters. The highest BCUT2D eigenvalue weighted by molar-refractivity contribution is 7.93. The van der Waals surface area contributed by atoms with Crippen molar-refractivity contribution in [1.82, 2.24) is 5.32 Å². The number of anilines is 1. The molecule has 1 aliphatic heterocycles. The van der Waals surface area contributed by atoms with Crippen LogP contribution in [0, 0.1) is 11.3 Å². The van der Waals surface area contributed by atoms with Crippen LogP contribution in [0.15, 0.2) is 48.5 Å². The van der Waals surface area contributed by atoms with Crippen LogP contribution in [0.4, 0.5) is 5.69 Å². The summed E-state index contributed by atoms with van der Waals surface area (Å²) < 4.78 is 25.2. The zero-order valence-electron chi connectivity index (χ0n) is 13.5. The first-order chi connectivity index (χ1) is 12.0. The summed E-state index contributed by atoms with van der Waals surface area (Å²) in [7, 11) is -3.22. The van der Waals surface area contributed by atoms with Gasteiger partial charge in [-0.25, -0.2) is 8.42 Å². The molecule has 1 N–H and O–H groups in total. The van der Waals surface area contributed by atoms with E-state index in [9.17, 15) is 13.2 Å². The van der Waals surface area contributed by atoms with Gasteiger partial charge < -0.3 is 5.32 Å². The molecule has 7 heteroatoms. The van der Waals surface area contributed by atoms with E-state index in [1.165, 1.54) is 4.31 Å². The van der Waals surface area contributed by atoms with E-state index in [4.69, 9.17) is 5.26 Å². The topological polar surface area (TPSA) is 90.3 Å². The molecule has 25 heavy (non-hydrogen) atoms. The van der Waals surface area contributed by atoms with Crippen LogP contribution in [0.25, 0.3) is 0 Å². The van der Waals surface area contributed by atoms with Gasteiger partial charge in [0.25, 0.3) is 5.91 Å². The molecule has 0 radical (unpaired) electrons. The molecule has 2 aromatic carbocycles. The molecule has 0 bridgehead atoms. The lowest BCUT2D eigenvalue weighted by molar-refractivity contribution is 0.0951. The third-order valence-electron chi connectivity index (χ3n) is 4.03. The van der Waals surface area contributed by atoms with Crippen LogP contribution in [0.2, 0.25) is 0 Å². The fourth-order valence-corrected chi connectivity index (χ4v) is 4.31. The normalized spacial score (nSPS) is 15.6. The molecule has 128 valence electrons. The molecular formula is C18H17N3O3S. The first-order valence-corrected chi connectivity index (χ1v) is 9.48. The van der Waals surface area contributed by atoms with Crippen LogP contribution in [0.5, 0.6) is 0 Å². The zero-order chi connectivity index (χ0) is 17.9. The van der Waals surface area contributed by atoms with E-state index < -0.39 is 10.0 Å². The molecule has 1 saturated heterocycles. The molecule has 0 unspecified atom stereocenters. The number of nitrogens with zero attached hydrogens (tertiary/aromatic N) is 2. The van der Waals surface area contributed by atoms with E-state index in [0.717, 1.165) is 5.56 Å². The predicted molar refractivity (Wildman–Crippen MR) is 94.5 cm³/mol. The number of carbonyl (C=O) groups excluding carboxylic acids is 1. The summed E-state index contributed by atoms with van der Waals surface area (Å²) in [5, 5.41) is 11.7. The molecular weight excluding hydrogens is 338 g/mol. The van der Waals surface area contributed by atoms with Crippen molar-refractivity contribution in [1.29, 1.82) is 5.26 Å². The maximum absolute atomic E-state index is 12.2. The summed E-state index contributed by atoms with van der Waals surface area (Å²) in [5.41, 5.74) is 2.42. The van der Waals surface area contributed by atoms with Crippen molar-refractivity contribution in [3.8, 4) is 6.07 Å². The summed E-state index contributed by atoms with van der Waals surface area (Å²) in [6.45, 7) is 0.791. The Labute approximate surface area is 146 Å². The number of benzene rings is 2. The lowest BCUT2D eigenvalue weighted by Crippen LogP contribution is -2.25. The highest BCUT2D eigenvalue weighted by Crippen LogP contribution is 2.24. The molecule has 1 fully saturated rings. The maximum Gasteiger partial charge on any atom is 0.251 e. The Morgan fingerprint density at radius 2 is 1.96 bits per heavy atom. The molecule has 0 saturated carbocycles. The van der Waals surface area contributed by atoms with Crippen LogP contribution in [-0.4, -0.2) is 26.6 Å². The molecule has 0 aliphatic carbocycles. The van der Waals surface area contributed by atoms with Gasteiger partial charge >= 0.3 is 0 Å². The van der Waals surface area contributed by atoms with E-state index in [2.05, 4.69) is 11.4 Å². The largest absolute Gasteiger partial charge is 0.348 e. The summed E-state index contributed by atoms with van der Waals surface area (Å²) in [6, 6.07) is 15.6. The Kier molecular flexibility index (Phi) is 4.72. The summed E-state index contributed by atoms with van der Waals surface area (Å²) in [4.78, 5) is 12.2. The van der Waals surface area contributed by atoms with Crippen molar-refractivity contribution < 1.29 is 13.2 Å². The van der Waals surface area contributed by atoms with E-state index in [-0.39, 0.29) is 11.7 Å². The quantitative estimate of drug-likeness (QED) is 0.908. The van der Waals surface area contributed by atoms with Crippen LogP contribution in [-0.2, 0) is 16.6 Å². The highest BCUT2D eigenvalue weighted by Gasteiger charge is 2.28. The lowest BCUT2D eigenvalue weighted by atomic mass is 10.1. The minimum atomic E-state index is -3.22. The highest BCUT2D eigenvalue weighted by atomic mass is 32.2. The summed E-state index contributed by atoms with van der Waals surface area (Å²) in [5.74, 6) is -0.0880. The Bertz CT molecular complexity index is 931. The molecule has 1 aliphatic rings. The van der Waals surface area contributed by atoms with E-state index in [1.807, 2.05) is 6.07 Å². The van der Waals surface area contributed by atoms with Crippen molar-refractivity contribution in [2.45, 2.75) is 13.0 Å². The number of hydrogen-bond acceptors (Lipinski definition) is 4. The third kappa shape index (κ3) is 3.80. The smallest absolute Gasteiger partial charge is 0.251 e. The van der Waals surface area contributed by atoms with Gasteiger partial charge in [0, 0.05) is 18.7 Å². The number of carbonyl (C=O) groups is 1. The molecule has 0 aromatic heterocycles. The Morgan fingerprint density at radius 1 is 1.20 bits per heavy atom. The molecule has 3 rings (SSSR count). The Morgan fingerprint density at radius 3 is 2.60 bits per heavy atom. The fraction of sp³-hybridized carbons (Fsp3) is 0.222. The molecule has 0 spiro atoms. The van der Waals surface area contributed by atoms with Gasteiger partial charge in [0.1, 0.15) is 0 Å². The van der Waals surface area contributed by atoms with Gasteiger partial charge in [0.05, 0.1) is 23.1 Å². The number of amides is 1. The van der Waals surface area contributed by atoms with Crippen molar-refractivity contribution in [3.05, 3.63) is 65.2 Å². The second-order valence-corrected chi connectivity index (χ2v) is 7.80. The number of nitrogens with one attached hydrogen (secondary N) is 1. The number of sulfonamides is 1. The maximum atomic E-state index is 12.2. The van der Waals surface area contributed by atoms with Gasteiger partial charge in [-0.15, -0.1) is 0 Å². The lowest BCUT2D eigenvalue weighted by Gasteiger charge is -2.17. The third-order valence-corrected chi connectivity index (χ3v) is 5.90. The second-order valence-electron chi connectivity index (χ2n) is 5.78. The predicted octanol–water partition coefficient (Wildman–Crippen LogP) is 2.03. The second kappa shape index (κ2) is 6.95. The monoisotopic (exact) mass is 355 g/mol. The van der Waals surface area contributed by atoms with Crippen LogP contribution >= 0.6 is 0 Å². The zero-order valence-corrected chi connectivity index (χ0v) is 14.3. The Balaban J connectivity index is 1.66. The first kappa shape index (κ1) is 17.0. The van der Waals surface area contributed by atoms with Crippen molar-refractivity contribution in [2.24, 2.45) is 0 Å². The van der Waals surface area contributed by atoms with E-state index in [0.29, 0.717) is 36.3 Å². The first-order valence-electron chi connectivity index (χ1n) is 7.87. The van der Waals surface area contributed by atoms with E-state index in [1.54, 1.807) is 42.5 Å². The van der Waals surface area contributed by atoms with Gasteiger partial charge in [0.2, 0.25) is 10.0 Å². The summed E-state index contributed by atoms with van der Waals surface area (Å²) >= 11 is 0. The van der Waals surface area contributed by atoms with Crippen molar-refractivity contribution in [2.75, 3.05) is 16.6 Å². The molecule has 6 nitrogen and oxygen atoms in total. The minimum Gasteiger partial charge on any atom is -0.348 e. The van der Waals surface area contributed by atoms with E-state index >= 15 is 0 Å². The van der Waals surface area contributed by atoms with Crippen molar-refractivity contribution >= 4 is 21.6 Å².